The SMILES string of the molecule is CCOc1cc(C(=O)N/N=C/c2cc(I)c(OCC(=O)Nc3ccccc3C)c(OCC)c2)ccc1OCc1ccccc1. The number of ether oxygens (including phenoxy) is 4. The average molecular weight is 708 g/mol. The Labute approximate surface area is 270 Å². The van der Waals surface area contributed by atoms with Crippen LogP contribution >= 0.6 is 22.6 Å². The van der Waals surface area contributed by atoms with Gasteiger partial charge in [-0.15, -0.1) is 0 Å². The van der Waals surface area contributed by atoms with E-state index < -0.39 is 5.91 Å². The zero-order chi connectivity index (χ0) is 31.3. The number of carbonyl (C=O) groups excluding carboxylic acids is 2. The number of amides is 2. The van der Waals surface area contributed by atoms with Gasteiger partial charge in [-0.2, -0.15) is 5.10 Å². The summed E-state index contributed by atoms with van der Waals surface area (Å²) < 4.78 is 24.0. The molecular formula is C34H34IN3O6. The molecule has 44 heavy (non-hydrogen) atoms. The summed E-state index contributed by atoms with van der Waals surface area (Å²) in [6, 6.07) is 25.9. The molecule has 0 radical (unpaired) electrons. The standard InChI is InChI=1S/C34H34IN3O6/c1-4-41-30-19-26(15-16-29(30)43-21-24-12-7-6-8-13-24)34(40)38-36-20-25-17-27(35)33(31(18-25)42-5-2)44-22-32(39)37-28-14-10-9-11-23(28)3/h6-20H,4-5,21-22H2,1-3H3,(H,37,39)(H,38,40)/b36-20+. The van der Waals surface area contributed by atoms with E-state index in [0.29, 0.717) is 53.9 Å². The van der Waals surface area contributed by atoms with Crippen molar-refractivity contribution >= 4 is 46.3 Å². The van der Waals surface area contributed by atoms with Gasteiger partial charge in [-0.1, -0.05) is 48.5 Å². The maximum absolute atomic E-state index is 12.9. The molecule has 2 N–H and O–H groups in total. The van der Waals surface area contributed by atoms with Gasteiger partial charge in [0.1, 0.15) is 6.61 Å². The van der Waals surface area contributed by atoms with Crippen molar-refractivity contribution in [3.05, 3.63) is 111 Å². The summed E-state index contributed by atoms with van der Waals surface area (Å²) in [4.78, 5) is 25.4. The van der Waals surface area contributed by atoms with E-state index in [1.54, 1.807) is 24.3 Å². The van der Waals surface area contributed by atoms with Crippen LogP contribution in [0.5, 0.6) is 23.0 Å². The molecule has 0 unspecified atom stereocenters. The smallest absolute Gasteiger partial charge is 0.271 e. The fraction of sp³-hybridized carbons (Fsp3) is 0.206. The first-order valence-electron chi connectivity index (χ1n) is 14.1. The predicted molar refractivity (Wildman–Crippen MR) is 179 cm³/mol. The van der Waals surface area contributed by atoms with Crippen molar-refractivity contribution in [3.8, 4) is 23.0 Å². The molecule has 228 valence electrons. The first-order chi connectivity index (χ1) is 21.4. The second-order valence-electron chi connectivity index (χ2n) is 9.48. The van der Waals surface area contributed by atoms with Crippen LogP contribution in [0.3, 0.4) is 0 Å². The molecule has 4 aromatic rings. The number of para-hydroxylation sites is 1. The maximum Gasteiger partial charge on any atom is 0.271 e. The highest BCUT2D eigenvalue weighted by Crippen LogP contribution is 2.34. The highest BCUT2D eigenvalue weighted by Gasteiger charge is 2.15. The lowest BCUT2D eigenvalue weighted by atomic mass is 10.2. The van der Waals surface area contributed by atoms with Gasteiger partial charge in [0.05, 0.1) is 23.0 Å². The third-order valence-corrected chi connectivity index (χ3v) is 7.02. The summed E-state index contributed by atoms with van der Waals surface area (Å²) in [5, 5.41) is 6.99. The van der Waals surface area contributed by atoms with Crippen molar-refractivity contribution in [3.63, 3.8) is 0 Å². The second kappa shape index (κ2) is 16.3. The number of hydrogen-bond donors (Lipinski definition) is 2. The summed E-state index contributed by atoms with van der Waals surface area (Å²) in [5.41, 5.74) is 6.32. The van der Waals surface area contributed by atoms with E-state index in [0.717, 1.165) is 20.4 Å². The summed E-state index contributed by atoms with van der Waals surface area (Å²) in [6.07, 6.45) is 1.51. The van der Waals surface area contributed by atoms with Crippen molar-refractivity contribution in [1.82, 2.24) is 5.43 Å². The number of nitrogens with one attached hydrogen (secondary N) is 2. The van der Waals surface area contributed by atoms with Gasteiger partial charge in [-0.25, -0.2) is 5.43 Å². The number of carbonyl (C=O) groups is 2. The summed E-state index contributed by atoms with van der Waals surface area (Å²) >= 11 is 2.11. The quantitative estimate of drug-likeness (QED) is 0.0853. The van der Waals surface area contributed by atoms with Crippen LogP contribution in [0.15, 0.2) is 90.0 Å². The molecule has 0 heterocycles. The number of hydrogen-bond acceptors (Lipinski definition) is 7. The largest absolute Gasteiger partial charge is 0.490 e. The molecule has 0 aliphatic carbocycles. The molecule has 0 fully saturated rings. The van der Waals surface area contributed by atoms with Gasteiger partial charge in [0.2, 0.25) is 0 Å². The molecule has 0 saturated carbocycles. The number of aryl methyl sites for hydroxylation is 1. The maximum atomic E-state index is 12.9. The Balaban J connectivity index is 1.39. The van der Waals surface area contributed by atoms with Gasteiger partial charge in [-0.3, -0.25) is 9.59 Å². The molecule has 0 aliphatic rings. The molecule has 0 saturated heterocycles. The number of hydrazone groups is 1. The number of benzene rings is 4. The minimum Gasteiger partial charge on any atom is -0.490 e. The Kier molecular flexibility index (Phi) is 12.0. The molecule has 4 aromatic carbocycles. The topological polar surface area (TPSA) is 107 Å². The first kappa shape index (κ1) is 32.3. The van der Waals surface area contributed by atoms with Gasteiger partial charge >= 0.3 is 0 Å². The Bertz CT molecular complexity index is 1610. The number of halogens is 1. The van der Waals surface area contributed by atoms with Crippen molar-refractivity contribution < 1.29 is 28.5 Å². The highest BCUT2D eigenvalue weighted by molar-refractivity contribution is 14.1. The van der Waals surface area contributed by atoms with E-state index in [1.165, 1.54) is 6.21 Å². The molecule has 0 bridgehead atoms. The fourth-order valence-electron chi connectivity index (χ4n) is 4.10. The van der Waals surface area contributed by atoms with E-state index >= 15 is 0 Å². The monoisotopic (exact) mass is 707 g/mol. The summed E-state index contributed by atoms with van der Waals surface area (Å²) in [7, 11) is 0. The van der Waals surface area contributed by atoms with E-state index in [1.807, 2.05) is 81.4 Å². The number of nitrogens with zero attached hydrogens (tertiary/aromatic N) is 1. The zero-order valence-corrected chi connectivity index (χ0v) is 26.9. The molecule has 9 nitrogen and oxygen atoms in total. The lowest BCUT2D eigenvalue weighted by Gasteiger charge is -2.15. The number of anilines is 1. The number of rotatable bonds is 14. The minimum absolute atomic E-state index is 0.187. The van der Waals surface area contributed by atoms with Gasteiger partial charge in [-0.05, 0) is 96.5 Å². The molecule has 0 spiro atoms. The minimum atomic E-state index is -0.406. The van der Waals surface area contributed by atoms with Gasteiger partial charge in [0.15, 0.2) is 29.6 Å². The van der Waals surface area contributed by atoms with Crippen LogP contribution in [0, 0.1) is 10.5 Å². The normalized spacial score (nSPS) is 10.7. The molecule has 0 aromatic heterocycles. The van der Waals surface area contributed by atoms with E-state index in [4.69, 9.17) is 18.9 Å². The van der Waals surface area contributed by atoms with Gasteiger partial charge < -0.3 is 24.3 Å². The van der Waals surface area contributed by atoms with Crippen molar-refractivity contribution in [1.29, 1.82) is 0 Å². The Morgan fingerprint density at radius 3 is 2.30 bits per heavy atom. The van der Waals surface area contributed by atoms with Crippen LogP contribution in [-0.4, -0.2) is 37.8 Å². The molecule has 4 rings (SSSR count). The van der Waals surface area contributed by atoms with Gasteiger partial charge in [0.25, 0.3) is 11.8 Å². The molecule has 0 atom stereocenters. The van der Waals surface area contributed by atoms with E-state index in [9.17, 15) is 9.59 Å². The lowest BCUT2D eigenvalue weighted by Crippen LogP contribution is -2.21. The van der Waals surface area contributed by atoms with Crippen LogP contribution in [0.4, 0.5) is 5.69 Å². The van der Waals surface area contributed by atoms with E-state index in [-0.39, 0.29) is 12.5 Å². The Morgan fingerprint density at radius 1 is 0.818 bits per heavy atom. The van der Waals surface area contributed by atoms with Crippen LogP contribution in [0.25, 0.3) is 0 Å². The zero-order valence-electron chi connectivity index (χ0n) is 24.8. The Morgan fingerprint density at radius 2 is 1.55 bits per heavy atom. The van der Waals surface area contributed by atoms with Crippen molar-refractivity contribution in [2.45, 2.75) is 27.4 Å². The third-order valence-electron chi connectivity index (χ3n) is 6.22. The van der Waals surface area contributed by atoms with Crippen LogP contribution in [0.1, 0.15) is 40.9 Å². The van der Waals surface area contributed by atoms with E-state index in [2.05, 4.69) is 38.4 Å². The fourth-order valence-corrected chi connectivity index (χ4v) is 4.89. The Hall–Kier alpha value is -4.58. The third kappa shape index (κ3) is 9.21. The van der Waals surface area contributed by atoms with Crippen LogP contribution < -0.4 is 29.7 Å². The second-order valence-corrected chi connectivity index (χ2v) is 10.6. The van der Waals surface area contributed by atoms with Crippen molar-refractivity contribution in [2.75, 3.05) is 25.1 Å². The molecule has 2 amide bonds. The summed E-state index contributed by atoms with van der Waals surface area (Å²) in [5.74, 6) is 1.24. The predicted octanol–water partition coefficient (Wildman–Crippen LogP) is 6.76. The van der Waals surface area contributed by atoms with Crippen molar-refractivity contribution in [2.24, 2.45) is 5.10 Å². The summed E-state index contributed by atoms with van der Waals surface area (Å²) in [6.45, 7) is 6.66. The first-order valence-corrected chi connectivity index (χ1v) is 15.2. The molecule has 10 heteroatoms. The molecule has 0 aliphatic heterocycles. The van der Waals surface area contributed by atoms with Crippen LogP contribution in [-0.2, 0) is 11.4 Å². The van der Waals surface area contributed by atoms with Crippen LogP contribution in [0.2, 0.25) is 0 Å². The highest BCUT2D eigenvalue weighted by atomic mass is 127. The van der Waals surface area contributed by atoms with Gasteiger partial charge in [0, 0.05) is 11.3 Å². The average Bonchev–Trinajstić information content (AvgIpc) is 3.02. The lowest BCUT2D eigenvalue weighted by molar-refractivity contribution is -0.118. The molecular weight excluding hydrogens is 673 g/mol.